The number of hydrogen-bond donors (Lipinski definition) is 2. The van der Waals surface area contributed by atoms with E-state index >= 15 is 0 Å². The van der Waals surface area contributed by atoms with E-state index in [0.717, 1.165) is 18.9 Å². The molecule has 3 N–H and O–H groups in total. The van der Waals surface area contributed by atoms with E-state index < -0.39 is 0 Å². The average molecular weight is 301 g/mol. The van der Waals surface area contributed by atoms with Gasteiger partial charge in [0.1, 0.15) is 12.0 Å². The summed E-state index contributed by atoms with van der Waals surface area (Å²) < 4.78 is 5.14. The van der Waals surface area contributed by atoms with Crippen molar-refractivity contribution in [2.45, 2.75) is 51.5 Å². The predicted molar refractivity (Wildman–Crippen MR) is 82.0 cm³/mol. The first-order chi connectivity index (χ1) is 9.29. The Bertz CT molecular complexity index is 400. The van der Waals surface area contributed by atoms with E-state index in [1.807, 2.05) is 0 Å². The lowest BCUT2D eigenvalue weighted by atomic mass is 10.0. The number of nitrogens with two attached hydrogens (primary N) is 1. The zero-order chi connectivity index (χ0) is 13.5. The summed E-state index contributed by atoms with van der Waals surface area (Å²) in [6, 6.07) is 1.70. The minimum absolute atomic E-state index is 0. The van der Waals surface area contributed by atoms with Gasteiger partial charge in [0.2, 0.25) is 0 Å². The van der Waals surface area contributed by atoms with Gasteiger partial charge >= 0.3 is 0 Å². The first-order valence-electron chi connectivity index (χ1n) is 7.35. The van der Waals surface area contributed by atoms with Gasteiger partial charge in [0.25, 0.3) is 5.91 Å². The van der Waals surface area contributed by atoms with Crippen LogP contribution in [0.15, 0.2) is 16.7 Å². The van der Waals surface area contributed by atoms with Gasteiger partial charge in [-0.25, -0.2) is 0 Å². The summed E-state index contributed by atoms with van der Waals surface area (Å²) in [5, 5.41) is 2.92. The van der Waals surface area contributed by atoms with Crippen molar-refractivity contribution >= 4 is 18.3 Å². The summed E-state index contributed by atoms with van der Waals surface area (Å²) in [5.41, 5.74) is 6.00. The number of furan rings is 1. The molecule has 2 rings (SSSR count). The number of nitrogens with one attached hydrogen (secondary N) is 1. The number of carbonyl (C=O) groups excluding carboxylic acids is 1. The third-order valence-electron chi connectivity index (χ3n) is 3.92. The second-order valence-electron chi connectivity index (χ2n) is 5.41. The minimum Gasteiger partial charge on any atom is -0.467 e. The zero-order valence-corrected chi connectivity index (χ0v) is 12.7. The van der Waals surface area contributed by atoms with Crippen molar-refractivity contribution in [1.82, 2.24) is 5.32 Å². The summed E-state index contributed by atoms with van der Waals surface area (Å²) in [4.78, 5) is 11.8. The lowest BCUT2D eigenvalue weighted by molar-refractivity contribution is 0.0952. The van der Waals surface area contributed by atoms with E-state index in [-0.39, 0.29) is 18.3 Å². The molecule has 0 atom stereocenters. The Balaban J connectivity index is 0.00000200. The summed E-state index contributed by atoms with van der Waals surface area (Å²) >= 11 is 0. The lowest BCUT2D eigenvalue weighted by Gasteiger charge is -2.08. The maximum atomic E-state index is 11.8. The van der Waals surface area contributed by atoms with Gasteiger partial charge in [-0.05, 0) is 18.4 Å². The summed E-state index contributed by atoms with van der Waals surface area (Å²) in [6.07, 6.45) is 10.7. The van der Waals surface area contributed by atoms with Crippen LogP contribution in [0.4, 0.5) is 0 Å². The Hall–Kier alpha value is -1.00. The monoisotopic (exact) mass is 300 g/mol. The SMILES string of the molecule is Cl.NCc1cc(C(=O)NCCCCC2CCCC2)co1. The van der Waals surface area contributed by atoms with Gasteiger partial charge in [0.05, 0.1) is 12.1 Å². The Morgan fingerprint density at radius 1 is 1.35 bits per heavy atom. The van der Waals surface area contributed by atoms with Crippen molar-refractivity contribution in [1.29, 1.82) is 0 Å². The molecule has 1 heterocycles. The molecule has 0 saturated heterocycles. The van der Waals surface area contributed by atoms with Crippen LogP contribution < -0.4 is 11.1 Å². The highest BCUT2D eigenvalue weighted by atomic mass is 35.5. The molecule has 4 nitrogen and oxygen atoms in total. The van der Waals surface area contributed by atoms with Crippen molar-refractivity contribution < 1.29 is 9.21 Å². The van der Waals surface area contributed by atoms with Crippen LogP contribution in [0.3, 0.4) is 0 Å². The van der Waals surface area contributed by atoms with E-state index in [4.69, 9.17) is 10.2 Å². The van der Waals surface area contributed by atoms with E-state index in [2.05, 4.69) is 5.32 Å². The molecule has 0 spiro atoms. The highest BCUT2D eigenvalue weighted by Gasteiger charge is 2.14. The molecule has 114 valence electrons. The topological polar surface area (TPSA) is 68.3 Å². The third kappa shape index (κ3) is 5.17. The first kappa shape index (κ1) is 17.1. The maximum Gasteiger partial charge on any atom is 0.254 e. The highest BCUT2D eigenvalue weighted by Crippen LogP contribution is 2.28. The van der Waals surface area contributed by atoms with Crippen LogP contribution in [0.2, 0.25) is 0 Å². The number of amides is 1. The van der Waals surface area contributed by atoms with Gasteiger partial charge < -0.3 is 15.5 Å². The quantitative estimate of drug-likeness (QED) is 0.760. The van der Waals surface area contributed by atoms with E-state index in [1.165, 1.54) is 44.8 Å². The Morgan fingerprint density at radius 3 is 2.75 bits per heavy atom. The van der Waals surface area contributed by atoms with E-state index in [9.17, 15) is 4.79 Å². The van der Waals surface area contributed by atoms with Gasteiger partial charge in [0, 0.05) is 6.54 Å². The molecule has 0 bridgehead atoms. The highest BCUT2D eigenvalue weighted by molar-refractivity contribution is 5.93. The number of halogens is 1. The smallest absolute Gasteiger partial charge is 0.254 e. The molecule has 1 aliphatic rings. The van der Waals surface area contributed by atoms with Crippen LogP contribution in [0.5, 0.6) is 0 Å². The Morgan fingerprint density at radius 2 is 2.10 bits per heavy atom. The molecule has 0 radical (unpaired) electrons. The Labute approximate surface area is 126 Å². The second-order valence-corrected chi connectivity index (χ2v) is 5.41. The van der Waals surface area contributed by atoms with Crippen LogP contribution in [0.25, 0.3) is 0 Å². The molecule has 0 aromatic carbocycles. The van der Waals surface area contributed by atoms with Gasteiger partial charge in [-0.2, -0.15) is 0 Å². The van der Waals surface area contributed by atoms with Crippen molar-refractivity contribution in [3.63, 3.8) is 0 Å². The molecule has 20 heavy (non-hydrogen) atoms. The first-order valence-corrected chi connectivity index (χ1v) is 7.35. The van der Waals surface area contributed by atoms with Crippen LogP contribution >= 0.6 is 12.4 Å². The molecule has 0 unspecified atom stereocenters. The average Bonchev–Trinajstić information content (AvgIpc) is 3.09. The largest absolute Gasteiger partial charge is 0.467 e. The predicted octanol–water partition coefficient (Wildman–Crippen LogP) is 3.25. The number of unbranched alkanes of at least 4 members (excludes halogenated alkanes) is 1. The van der Waals surface area contributed by atoms with Gasteiger partial charge in [-0.3, -0.25) is 4.79 Å². The maximum absolute atomic E-state index is 11.8. The molecule has 1 amide bonds. The fourth-order valence-corrected chi connectivity index (χ4v) is 2.77. The standard InChI is InChI=1S/C15H24N2O2.ClH/c16-10-14-9-13(11-19-14)15(18)17-8-4-3-7-12-5-1-2-6-12;/h9,11-12H,1-8,10,16H2,(H,17,18);1H. The molecule has 5 heteroatoms. The van der Waals surface area contributed by atoms with Gasteiger partial charge in [0.15, 0.2) is 0 Å². The summed E-state index contributed by atoms with van der Waals surface area (Å²) in [5.74, 6) is 1.52. The second kappa shape index (κ2) is 9.03. The van der Waals surface area contributed by atoms with Crippen LogP contribution in [0, 0.1) is 5.92 Å². The van der Waals surface area contributed by atoms with E-state index in [0.29, 0.717) is 17.9 Å². The number of rotatable bonds is 7. The molecule has 1 aromatic heterocycles. The van der Waals surface area contributed by atoms with Crippen LogP contribution in [-0.4, -0.2) is 12.5 Å². The van der Waals surface area contributed by atoms with Crippen molar-refractivity contribution in [3.8, 4) is 0 Å². The minimum atomic E-state index is -0.0654. The van der Waals surface area contributed by atoms with Gasteiger partial charge in [-0.1, -0.05) is 38.5 Å². The van der Waals surface area contributed by atoms with Gasteiger partial charge in [-0.15, -0.1) is 12.4 Å². The molecule has 1 saturated carbocycles. The lowest BCUT2D eigenvalue weighted by Crippen LogP contribution is -2.24. The molecule has 1 aliphatic carbocycles. The summed E-state index contributed by atoms with van der Waals surface area (Å²) in [7, 11) is 0. The molecule has 0 aliphatic heterocycles. The van der Waals surface area contributed by atoms with Crippen LogP contribution in [0.1, 0.15) is 61.1 Å². The fourth-order valence-electron chi connectivity index (χ4n) is 2.77. The Kier molecular flexibility index (Phi) is 7.70. The molecular formula is C15H25ClN2O2. The molecule has 1 aromatic rings. The normalized spacial score (nSPS) is 15.1. The fraction of sp³-hybridized carbons (Fsp3) is 0.667. The van der Waals surface area contributed by atoms with Crippen molar-refractivity contribution in [2.75, 3.05) is 6.54 Å². The molecule has 1 fully saturated rings. The number of carbonyl (C=O) groups is 1. The number of hydrogen-bond acceptors (Lipinski definition) is 3. The molecular weight excluding hydrogens is 276 g/mol. The zero-order valence-electron chi connectivity index (χ0n) is 11.9. The van der Waals surface area contributed by atoms with Crippen LogP contribution in [-0.2, 0) is 6.54 Å². The van der Waals surface area contributed by atoms with Crippen molar-refractivity contribution in [3.05, 3.63) is 23.7 Å². The van der Waals surface area contributed by atoms with E-state index in [1.54, 1.807) is 6.07 Å². The van der Waals surface area contributed by atoms with Crippen molar-refractivity contribution in [2.24, 2.45) is 11.7 Å². The summed E-state index contributed by atoms with van der Waals surface area (Å²) in [6.45, 7) is 1.07. The third-order valence-corrected chi connectivity index (χ3v) is 3.92.